The second kappa shape index (κ2) is 8.16. The minimum Gasteiger partial charge on any atom is -0.329 e. The molecule has 0 bridgehead atoms. The Hall–Kier alpha value is -4.01. The van der Waals surface area contributed by atoms with E-state index in [0.717, 1.165) is 29.0 Å². The zero-order valence-electron chi connectivity index (χ0n) is 16.7. The Morgan fingerprint density at radius 3 is 2.37 bits per heavy atom. The van der Waals surface area contributed by atoms with Crippen LogP contribution >= 0.6 is 0 Å². The Morgan fingerprint density at radius 1 is 1.00 bits per heavy atom. The third kappa shape index (κ3) is 3.90. The fourth-order valence-electron chi connectivity index (χ4n) is 3.31. The van der Waals surface area contributed by atoms with Crippen LogP contribution in [0, 0.1) is 6.92 Å². The molecule has 0 radical (unpaired) electrons. The van der Waals surface area contributed by atoms with Gasteiger partial charge >= 0.3 is 0 Å². The molecule has 4 aromatic rings. The van der Waals surface area contributed by atoms with E-state index in [1.165, 1.54) is 6.33 Å². The number of carbonyl (C=O) groups is 2. The largest absolute Gasteiger partial charge is 0.329 e. The third-order valence-corrected chi connectivity index (χ3v) is 4.83. The lowest BCUT2D eigenvalue weighted by Crippen LogP contribution is -2.41. The van der Waals surface area contributed by atoms with Gasteiger partial charge in [-0.25, -0.2) is 14.6 Å². The molecule has 0 aliphatic rings. The lowest BCUT2D eigenvalue weighted by molar-refractivity contribution is 0.0847. The summed E-state index contributed by atoms with van der Waals surface area (Å²) in [6, 6.07) is 12.4. The quantitative estimate of drug-likeness (QED) is 0.496. The fourth-order valence-corrected chi connectivity index (χ4v) is 3.31. The number of aromatic nitrogens is 5. The first kappa shape index (κ1) is 19.3. The van der Waals surface area contributed by atoms with Crippen molar-refractivity contribution in [3.05, 3.63) is 77.6 Å². The van der Waals surface area contributed by atoms with Crippen LogP contribution in [-0.2, 0) is 13.1 Å². The van der Waals surface area contributed by atoms with Crippen molar-refractivity contribution in [1.29, 1.82) is 0 Å². The lowest BCUT2D eigenvalue weighted by Gasteiger charge is -2.08. The highest BCUT2D eigenvalue weighted by Crippen LogP contribution is 2.17. The van der Waals surface area contributed by atoms with Crippen LogP contribution < -0.4 is 10.9 Å². The topological polar surface area (TPSA) is 107 Å². The number of nitrogens with one attached hydrogen (secondary N) is 2. The second-order valence-corrected chi connectivity index (χ2v) is 6.81. The summed E-state index contributed by atoms with van der Waals surface area (Å²) in [5, 5.41) is 4.05. The number of hydrogen-bond acceptors (Lipinski definition) is 5. The summed E-state index contributed by atoms with van der Waals surface area (Å²) in [5.74, 6) is 0.0882. The van der Waals surface area contributed by atoms with E-state index in [1.807, 2.05) is 32.0 Å². The Morgan fingerprint density at radius 2 is 1.70 bits per heavy atom. The molecular formula is C21H21N7O2. The summed E-state index contributed by atoms with van der Waals surface area (Å²) in [7, 11) is 0. The first-order chi connectivity index (χ1) is 14.5. The van der Waals surface area contributed by atoms with Gasteiger partial charge in [0.15, 0.2) is 0 Å². The van der Waals surface area contributed by atoms with Crippen molar-refractivity contribution in [3.63, 3.8) is 0 Å². The smallest absolute Gasteiger partial charge is 0.269 e. The molecule has 2 heterocycles. The van der Waals surface area contributed by atoms with E-state index >= 15 is 0 Å². The Bertz CT molecular complexity index is 1190. The van der Waals surface area contributed by atoms with E-state index in [-0.39, 0.29) is 0 Å². The highest BCUT2D eigenvalue weighted by molar-refractivity contribution is 6.00. The van der Waals surface area contributed by atoms with Crippen molar-refractivity contribution in [3.8, 4) is 0 Å². The predicted molar refractivity (Wildman–Crippen MR) is 111 cm³/mol. The molecule has 0 aliphatic carbocycles. The van der Waals surface area contributed by atoms with Gasteiger partial charge in [0, 0.05) is 17.7 Å². The van der Waals surface area contributed by atoms with Crippen LogP contribution in [0.3, 0.4) is 0 Å². The molecule has 2 amide bonds. The van der Waals surface area contributed by atoms with Crippen molar-refractivity contribution in [2.75, 3.05) is 0 Å². The third-order valence-electron chi connectivity index (χ3n) is 4.83. The van der Waals surface area contributed by atoms with Crippen molar-refractivity contribution >= 4 is 22.8 Å². The van der Waals surface area contributed by atoms with Crippen molar-refractivity contribution in [2.24, 2.45) is 0 Å². The predicted octanol–water partition coefficient (Wildman–Crippen LogP) is 2.08. The van der Waals surface area contributed by atoms with Gasteiger partial charge in [-0.3, -0.25) is 20.4 Å². The van der Waals surface area contributed by atoms with E-state index in [1.54, 1.807) is 35.3 Å². The number of amides is 2. The molecule has 0 atom stereocenters. The summed E-state index contributed by atoms with van der Waals surface area (Å²) in [6.45, 7) is 5.35. The maximum atomic E-state index is 12.4. The molecule has 0 spiro atoms. The molecule has 9 nitrogen and oxygen atoms in total. The number of carbonyl (C=O) groups excluding carboxylic acids is 2. The van der Waals surface area contributed by atoms with E-state index in [2.05, 4.69) is 30.5 Å². The highest BCUT2D eigenvalue weighted by atomic mass is 16.2. The van der Waals surface area contributed by atoms with Gasteiger partial charge in [0.2, 0.25) is 0 Å². The number of benzene rings is 2. The van der Waals surface area contributed by atoms with Crippen LogP contribution in [0.15, 0.2) is 55.1 Å². The average Bonchev–Trinajstić information content (AvgIpc) is 3.38. The zero-order chi connectivity index (χ0) is 21.1. The number of hydrogen-bond donors (Lipinski definition) is 2. The molecule has 0 aliphatic heterocycles. The Labute approximate surface area is 172 Å². The number of hydrazine groups is 1. The van der Waals surface area contributed by atoms with Crippen LogP contribution in [0.25, 0.3) is 11.0 Å². The first-order valence-corrected chi connectivity index (χ1v) is 9.54. The van der Waals surface area contributed by atoms with E-state index in [4.69, 9.17) is 0 Å². The SMILES string of the molecule is CCn1c(C)nc2cc(C(=O)NNC(=O)c3ccc(Cn4cncn4)cc3)ccc21. The van der Waals surface area contributed by atoms with Gasteiger partial charge in [0.05, 0.1) is 17.6 Å². The van der Waals surface area contributed by atoms with Gasteiger partial charge in [0.1, 0.15) is 18.5 Å². The fraction of sp³-hybridized carbons (Fsp3) is 0.190. The molecule has 0 fully saturated rings. The molecule has 0 saturated carbocycles. The number of nitrogens with zero attached hydrogens (tertiary/aromatic N) is 5. The van der Waals surface area contributed by atoms with E-state index in [0.29, 0.717) is 17.7 Å². The zero-order valence-corrected chi connectivity index (χ0v) is 16.7. The molecule has 2 aromatic heterocycles. The van der Waals surface area contributed by atoms with Crippen molar-refractivity contribution < 1.29 is 9.59 Å². The molecule has 0 saturated heterocycles. The maximum Gasteiger partial charge on any atom is 0.269 e. The van der Waals surface area contributed by atoms with Crippen LogP contribution in [-0.4, -0.2) is 36.1 Å². The van der Waals surface area contributed by atoms with Crippen molar-refractivity contribution in [1.82, 2.24) is 35.2 Å². The Kier molecular flexibility index (Phi) is 5.25. The minimum atomic E-state index is -0.406. The minimum absolute atomic E-state index is 0.400. The number of fused-ring (bicyclic) bond motifs is 1. The molecule has 2 N–H and O–H groups in total. The first-order valence-electron chi connectivity index (χ1n) is 9.54. The summed E-state index contributed by atoms with van der Waals surface area (Å²) in [4.78, 5) is 33.2. The van der Waals surface area contributed by atoms with Crippen LogP contribution in [0.4, 0.5) is 0 Å². The summed E-state index contributed by atoms with van der Waals surface area (Å²) < 4.78 is 3.77. The molecule has 152 valence electrons. The van der Waals surface area contributed by atoms with Crippen LogP contribution in [0.2, 0.25) is 0 Å². The average molecular weight is 403 g/mol. The van der Waals surface area contributed by atoms with Gasteiger partial charge in [-0.05, 0) is 49.7 Å². The molecule has 9 heteroatoms. The number of imidazole rings is 1. The van der Waals surface area contributed by atoms with E-state index < -0.39 is 11.8 Å². The molecule has 4 rings (SSSR count). The maximum absolute atomic E-state index is 12.4. The van der Waals surface area contributed by atoms with Crippen molar-refractivity contribution in [2.45, 2.75) is 26.9 Å². The molecule has 30 heavy (non-hydrogen) atoms. The second-order valence-electron chi connectivity index (χ2n) is 6.81. The monoisotopic (exact) mass is 403 g/mol. The molecular weight excluding hydrogens is 382 g/mol. The lowest BCUT2D eigenvalue weighted by atomic mass is 10.1. The normalized spacial score (nSPS) is 10.9. The summed E-state index contributed by atoms with van der Waals surface area (Å²) >= 11 is 0. The van der Waals surface area contributed by atoms with Gasteiger partial charge < -0.3 is 4.57 Å². The van der Waals surface area contributed by atoms with E-state index in [9.17, 15) is 9.59 Å². The standard InChI is InChI=1S/C21H21N7O2/c1-3-28-14(2)24-18-10-17(8-9-19(18)28)21(30)26-25-20(29)16-6-4-15(5-7-16)11-27-13-22-12-23-27/h4-10,12-13H,3,11H2,1-2H3,(H,25,29)(H,26,30). The summed E-state index contributed by atoms with van der Waals surface area (Å²) in [5.41, 5.74) is 8.46. The van der Waals surface area contributed by atoms with Gasteiger partial charge in [-0.1, -0.05) is 12.1 Å². The summed E-state index contributed by atoms with van der Waals surface area (Å²) in [6.07, 6.45) is 3.10. The van der Waals surface area contributed by atoms with Crippen LogP contribution in [0.5, 0.6) is 0 Å². The Balaban J connectivity index is 1.38. The molecule has 2 aromatic carbocycles. The van der Waals surface area contributed by atoms with Gasteiger partial charge in [0.25, 0.3) is 11.8 Å². The number of aryl methyl sites for hydroxylation is 2. The van der Waals surface area contributed by atoms with Gasteiger partial charge in [-0.15, -0.1) is 0 Å². The molecule has 0 unspecified atom stereocenters. The van der Waals surface area contributed by atoms with Gasteiger partial charge in [-0.2, -0.15) is 5.10 Å². The number of rotatable bonds is 5. The highest BCUT2D eigenvalue weighted by Gasteiger charge is 2.12. The van der Waals surface area contributed by atoms with Crippen LogP contribution in [0.1, 0.15) is 39.0 Å².